The van der Waals surface area contributed by atoms with Crippen LogP contribution in [-0.4, -0.2) is 43.6 Å². The zero-order valence-corrected chi connectivity index (χ0v) is 21.1. The summed E-state index contributed by atoms with van der Waals surface area (Å²) >= 11 is 0. The second-order valence-electron chi connectivity index (χ2n) is 8.49. The molecule has 200 valence electrons. The van der Waals surface area contributed by atoms with Crippen LogP contribution in [0, 0.1) is 5.82 Å². The predicted molar refractivity (Wildman–Crippen MR) is 142 cm³/mol. The van der Waals surface area contributed by atoms with E-state index in [1.54, 1.807) is 60.4 Å². The van der Waals surface area contributed by atoms with Gasteiger partial charge in [-0.3, -0.25) is 9.79 Å². The van der Waals surface area contributed by atoms with Gasteiger partial charge in [-0.05, 0) is 74.6 Å². The SMILES string of the molecule is C/C=C(C(=O)Nc1ccc(F)cc1)\C(=C/Cc1cn(-c2ccc(CF)cc2)nn1)N=CCCCCC(O)O. The Labute approximate surface area is 220 Å². The van der Waals surface area contributed by atoms with Crippen molar-refractivity contribution < 1.29 is 23.8 Å². The zero-order chi connectivity index (χ0) is 27.3. The summed E-state index contributed by atoms with van der Waals surface area (Å²) in [6, 6.07) is 12.3. The highest BCUT2D eigenvalue weighted by Crippen LogP contribution is 2.18. The molecule has 8 nitrogen and oxygen atoms in total. The summed E-state index contributed by atoms with van der Waals surface area (Å²) < 4.78 is 27.6. The zero-order valence-electron chi connectivity index (χ0n) is 21.1. The molecule has 38 heavy (non-hydrogen) atoms. The maximum atomic E-state index is 13.2. The highest BCUT2D eigenvalue weighted by Gasteiger charge is 2.14. The number of aliphatic hydroxyl groups is 2. The number of hydrogen-bond acceptors (Lipinski definition) is 6. The second-order valence-corrected chi connectivity index (χ2v) is 8.49. The lowest BCUT2D eigenvalue weighted by Crippen LogP contribution is -2.15. The van der Waals surface area contributed by atoms with Crippen LogP contribution in [0.25, 0.3) is 5.69 Å². The Balaban J connectivity index is 1.76. The van der Waals surface area contributed by atoms with Gasteiger partial charge in [0.1, 0.15) is 12.5 Å². The number of aliphatic imine (C=N–C) groups is 1. The van der Waals surface area contributed by atoms with Crippen molar-refractivity contribution in [1.29, 1.82) is 0 Å². The molecule has 0 atom stereocenters. The molecule has 0 saturated carbocycles. The highest BCUT2D eigenvalue weighted by atomic mass is 19.1. The molecule has 0 radical (unpaired) electrons. The number of carbonyl (C=O) groups excluding carboxylic acids is 1. The standard InChI is InChI=1S/C28H31F2N5O3/c1-2-25(28(38)32-22-11-9-21(30)10-12-22)26(31-17-5-3-4-6-27(36)37)16-13-23-19-35(34-33-23)24-14-7-20(18-29)8-15-24/h2,7-12,14-17,19,27,36-37H,3-6,13,18H2,1H3,(H,32,38)/b25-2+,26-16+,31-17?. The number of nitrogens with one attached hydrogen (secondary N) is 1. The van der Waals surface area contributed by atoms with Crippen LogP contribution in [0.2, 0.25) is 0 Å². The van der Waals surface area contributed by atoms with Gasteiger partial charge in [0, 0.05) is 18.3 Å². The largest absolute Gasteiger partial charge is 0.368 e. The lowest BCUT2D eigenvalue weighted by molar-refractivity contribution is -0.112. The number of benzene rings is 2. The number of hydrogen-bond donors (Lipinski definition) is 3. The summed E-state index contributed by atoms with van der Waals surface area (Å²) in [5.74, 6) is -0.804. The van der Waals surface area contributed by atoms with Crippen molar-refractivity contribution in [1.82, 2.24) is 15.0 Å². The van der Waals surface area contributed by atoms with Gasteiger partial charge in [0.05, 0.1) is 28.8 Å². The van der Waals surface area contributed by atoms with E-state index in [1.807, 2.05) is 0 Å². The number of alkyl halides is 1. The minimum atomic E-state index is -1.33. The first-order valence-electron chi connectivity index (χ1n) is 12.3. The second kappa shape index (κ2) is 14.7. The van der Waals surface area contributed by atoms with Crippen molar-refractivity contribution >= 4 is 17.8 Å². The molecule has 0 aliphatic carbocycles. The Bertz CT molecular complexity index is 1270. The molecule has 3 rings (SSSR count). The van der Waals surface area contributed by atoms with E-state index in [2.05, 4.69) is 20.6 Å². The van der Waals surface area contributed by atoms with Gasteiger partial charge in [-0.25, -0.2) is 13.5 Å². The van der Waals surface area contributed by atoms with Crippen LogP contribution in [0.3, 0.4) is 0 Å². The van der Waals surface area contributed by atoms with E-state index < -0.39 is 24.7 Å². The molecule has 1 aromatic heterocycles. The van der Waals surface area contributed by atoms with E-state index in [9.17, 15) is 13.6 Å². The van der Waals surface area contributed by atoms with Gasteiger partial charge in [0.25, 0.3) is 5.91 Å². The summed E-state index contributed by atoms with van der Waals surface area (Å²) in [5, 5.41) is 29.1. The fourth-order valence-electron chi connectivity index (χ4n) is 3.54. The van der Waals surface area contributed by atoms with Gasteiger partial charge < -0.3 is 15.5 Å². The molecule has 2 aromatic carbocycles. The van der Waals surface area contributed by atoms with E-state index in [1.165, 1.54) is 24.3 Å². The van der Waals surface area contributed by atoms with Crippen molar-refractivity contribution in [3.63, 3.8) is 0 Å². The maximum absolute atomic E-state index is 13.2. The van der Waals surface area contributed by atoms with Gasteiger partial charge in [-0.1, -0.05) is 29.5 Å². The van der Waals surface area contributed by atoms with Crippen LogP contribution < -0.4 is 5.32 Å². The Hall–Kier alpha value is -4.02. The number of amides is 1. The molecule has 0 aliphatic rings. The van der Waals surface area contributed by atoms with E-state index in [0.29, 0.717) is 53.9 Å². The average Bonchev–Trinajstić information content (AvgIpc) is 3.39. The van der Waals surface area contributed by atoms with Crippen LogP contribution in [0.4, 0.5) is 14.5 Å². The van der Waals surface area contributed by atoms with Crippen LogP contribution in [0.5, 0.6) is 0 Å². The molecule has 0 saturated heterocycles. The summed E-state index contributed by atoms with van der Waals surface area (Å²) in [5.41, 5.74) is 3.15. The molecule has 0 bridgehead atoms. The van der Waals surface area contributed by atoms with Crippen LogP contribution in [0.15, 0.2) is 83.1 Å². The first kappa shape index (κ1) is 28.5. The Morgan fingerprint density at radius 1 is 1.13 bits per heavy atom. The highest BCUT2D eigenvalue weighted by molar-refractivity contribution is 6.07. The molecule has 0 unspecified atom stereocenters. The number of anilines is 1. The van der Waals surface area contributed by atoms with Crippen molar-refractivity contribution in [3.8, 4) is 5.69 Å². The number of aliphatic hydroxyl groups excluding tert-OH is 1. The first-order valence-corrected chi connectivity index (χ1v) is 12.3. The maximum Gasteiger partial charge on any atom is 0.257 e. The Morgan fingerprint density at radius 2 is 1.87 bits per heavy atom. The molecule has 0 spiro atoms. The van der Waals surface area contributed by atoms with Crippen molar-refractivity contribution in [2.45, 2.75) is 52.0 Å². The molecular formula is C28H31F2N5O3. The minimum Gasteiger partial charge on any atom is -0.368 e. The van der Waals surface area contributed by atoms with E-state index in [0.717, 1.165) is 5.69 Å². The van der Waals surface area contributed by atoms with Crippen molar-refractivity contribution in [3.05, 3.63) is 95.2 Å². The molecule has 3 N–H and O–H groups in total. The molecular weight excluding hydrogens is 492 g/mol. The number of allylic oxidation sites excluding steroid dienone is 2. The van der Waals surface area contributed by atoms with E-state index in [-0.39, 0.29) is 6.42 Å². The number of nitrogens with zero attached hydrogens (tertiary/aromatic N) is 4. The molecule has 10 heteroatoms. The third-order valence-electron chi connectivity index (χ3n) is 5.59. The smallest absolute Gasteiger partial charge is 0.257 e. The number of rotatable bonds is 13. The van der Waals surface area contributed by atoms with Crippen LogP contribution in [-0.2, 0) is 17.9 Å². The third kappa shape index (κ3) is 8.82. The lowest BCUT2D eigenvalue weighted by Gasteiger charge is -2.10. The van der Waals surface area contributed by atoms with Gasteiger partial charge in [-0.15, -0.1) is 5.10 Å². The Morgan fingerprint density at radius 3 is 2.53 bits per heavy atom. The quantitative estimate of drug-likeness (QED) is 0.0977. The first-order chi connectivity index (χ1) is 18.4. The van der Waals surface area contributed by atoms with E-state index in [4.69, 9.17) is 10.2 Å². The Kier molecular flexibility index (Phi) is 11.0. The molecule has 1 heterocycles. The fourth-order valence-corrected chi connectivity index (χ4v) is 3.54. The fraction of sp³-hybridized carbons (Fsp3) is 0.286. The number of unbranched alkanes of at least 4 members (excludes halogenated alkanes) is 2. The molecule has 1 amide bonds. The summed E-state index contributed by atoms with van der Waals surface area (Å²) in [6.45, 7) is 1.19. The predicted octanol–water partition coefficient (Wildman–Crippen LogP) is 4.83. The molecule has 3 aromatic rings. The lowest BCUT2D eigenvalue weighted by atomic mass is 10.1. The monoisotopic (exact) mass is 523 g/mol. The van der Waals surface area contributed by atoms with Crippen molar-refractivity contribution in [2.75, 3.05) is 5.32 Å². The van der Waals surface area contributed by atoms with Crippen LogP contribution in [0.1, 0.15) is 43.9 Å². The molecule has 0 fully saturated rings. The van der Waals surface area contributed by atoms with E-state index >= 15 is 0 Å². The van der Waals surface area contributed by atoms with Gasteiger partial charge in [0.2, 0.25) is 0 Å². The van der Waals surface area contributed by atoms with Gasteiger partial charge in [0.15, 0.2) is 6.29 Å². The number of halogens is 2. The number of aromatic nitrogens is 3. The van der Waals surface area contributed by atoms with Crippen molar-refractivity contribution in [2.24, 2.45) is 4.99 Å². The third-order valence-corrected chi connectivity index (χ3v) is 5.59. The summed E-state index contributed by atoms with van der Waals surface area (Å²) in [4.78, 5) is 17.5. The molecule has 0 aliphatic heterocycles. The average molecular weight is 524 g/mol. The van der Waals surface area contributed by atoms with Gasteiger partial charge >= 0.3 is 0 Å². The van der Waals surface area contributed by atoms with Crippen LogP contribution >= 0.6 is 0 Å². The summed E-state index contributed by atoms with van der Waals surface area (Å²) in [6.07, 6.45) is 8.06. The topological polar surface area (TPSA) is 113 Å². The minimum absolute atomic E-state index is 0.281. The number of carbonyl (C=O) groups is 1. The van der Waals surface area contributed by atoms with Gasteiger partial charge in [-0.2, -0.15) is 0 Å². The summed E-state index contributed by atoms with van der Waals surface area (Å²) in [7, 11) is 0. The normalized spacial score (nSPS) is 12.5.